The molecule has 0 bridgehead atoms. The van der Waals surface area contributed by atoms with Crippen molar-refractivity contribution in [1.82, 2.24) is 10.2 Å². The lowest BCUT2D eigenvalue weighted by Crippen LogP contribution is -2.40. The Morgan fingerprint density at radius 2 is 2.32 bits per heavy atom. The quantitative estimate of drug-likeness (QED) is 0.718. The third-order valence-electron chi connectivity index (χ3n) is 2.95. The number of carbonyl (C=O) groups is 1. The number of hydrogen-bond donors (Lipinski definition) is 1. The molecular weight excluding hydrogens is 266 g/mol. The van der Waals surface area contributed by atoms with Crippen molar-refractivity contribution in [2.24, 2.45) is 0 Å². The van der Waals surface area contributed by atoms with Crippen molar-refractivity contribution in [3.8, 4) is 6.07 Å². The van der Waals surface area contributed by atoms with Crippen molar-refractivity contribution < 1.29 is 9.53 Å². The molecule has 1 amide bonds. The van der Waals surface area contributed by atoms with Crippen LogP contribution in [-0.4, -0.2) is 49.2 Å². The molecular formula is C13H24ClN3O2. The first kappa shape index (κ1) is 18.2. The highest BCUT2D eigenvalue weighted by molar-refractivity contribution is 5.85. The van der Waals surface area contributed by atoms with Gasteiger partial charge in [-0.25, -0.2) is 0 Å². The van der Waals surface area contributed by atoms with Gasteiger partial charge in [-0.05, 0) is 39.7 Å². The Kier molecular flexibility index (Phi) is 9.58. The Labute approximate surface area is 121 Å². The number of ether oxygens (including phenoxy) is 1. The fourth-order valence-corrected chi connectivity index (χ4v) is 2.01. The van der Waals surface area contributed by atoms with Crippen LogP contribution in [0.15, 0.2) is 0 Å². The van der Waals surface area contributed by atoms with Crippen LogP contribution in [0.4, 0.5) is 0 Å². The molecule has 0 unspecified atom stereocenters. The SMILES string of the molecule is CC(C)OCCCNCC(=O)N1CCC[C@H]1C#N.Cl. The molecule has 0 aliphatic carbocycles. The highest BCUT2D eigenvalue weighted by Crippen LogP contribution is 2.15. The molecule has 110 valence electrons. The van der Waals surface area contributed by atoms with Crippen molar-refractivity contribution in [2.45, 2.75) is 45.3 Å². The first-order chi connectivity index (χ1) is 8.65. The monoisotopic (exact) mass is 289 g/mol. The molecule has 1 rings (SSSR count). The fourth-order valence-electron chi connectivity index (χ4n) is 2.01. The van der Waals surface area contributed by atoms with Gasteiger partial charge in [-0.3, -0.25) is 4.79 Å². The summed E-state index contributed by atoms with van der Waals surface area (Å²) < 4.78 is 5.40. The van der Waals surface area contributed by atoms with Gasteiger partial charge in [0.2, 0.25) is 5.91 Å². The average molecular weight is 290 g/mol. The van der Waals surface area contributed by atoms with Crippen LogP contribution >= 0.6 is 12.4 Å². The van der Waals surface area contributed by atoms with E-state index in [4.69, 9.17) is 10.00 Å². The van der Waals surface area contributed by atoms with E-state index in [0.29, 0.717) is 13.2 Å². The van der Waals surface area contributed by atoms with Gasteiger partial charge in [0.15, 0.2) is 0 Å². The van der Waals surface area contributed by atoms with Gasteiger partial charge in [-0.1, -0.05) is 0 Å². The molecule has 0 aromatic heterocycles. The molecule has 1 fully saturated rings. The molecule has 0 radical (unpaired) electrons. The molecule has 5 nitrogen and oxygen atoms in total. The number of rotatable bonds is 7. The Morgan fingerprint density at radius 1 is 1.58 bits per heavy atom. The largest absolute Gasteiger partial charge is 0.379 e. The summed E-state index contributed by atoms with van der Waals surface area (Å²) in [7, 11) is 0. The van der Waals surface area contributed by atoms with Crippen LogP contribution in [0, 0.1) is 11.3 Å². The normalized spacial score (nSPS) is 18.2. The first-order valence-electron chi connectivity index (χ1n) is 6.66. The second-order valence-corrected chi connectivity index (χ2v) is 4.82. The molecule has 0 saturated carbocycles. The van der Waals surface area contributed by atoms with Crippen LogP contribution in [0.2, 0.25) is 0 Å². The van der Waals surface area contributed by atoms with Gasteiger partial charge in [0, 0.05) is 13.2 Å². The zero-order valence-corrected chi connectivity index (χ0v) is 12.5. The topological polar surface area (TPSA) is 65.4 Å². The Balaban J connectivity index is 0.00000324. The summed E-state index contributed by atoms with van der Waals surface area (Å²) in [6.45, 7) is 6.53. The highest BCUT2D eigenvalue weighted by atomic mass is 35.5. The molecule has 1 heterocycles. The van der Waals surface area contributed by atoms with E-state index in [1.54, 1.807) is 4.90 Å². The molecule has 1 aliphatic heterocycles. The number of likely N-dealkylation sites (tertiary alicyclic amines) is 1. The number of nitrogens with one attached hydrogen (secondary N) is 1. The summed E-state index contributed by atoms with van der Waals surface area (Å²) in [5.74, 6) is 0.0313. The maximum absolute atomic E-state index is 11.8. The van der Waals surface area contributed by atoms with Crippen LogP contribution in [0.3, 0.4) is 0 Å². The van der Waals surface area contributed by atoms with E-state index in [-0.39, 0.29) is 30.5 Å². The van der Waals surface area contributed by atoms with Crippen molar-refractivity contribution in [3.05, 3.63) is 0 Å². The van der Waals surface area contributed by atoms with Crippen LogP contribution in [0.1, 0.15) is 33.1 Å². The summed E-state index contributed by atoms with van der Waals surface area (Å²) >= 11 is 0. The summed E-state index contributed by atoms with van der Waals surface area (Å²) in [6, 6.07) is 1.96. The molecule has 6 heteroatoms. The van der Waals surface area contributed by atoms with Crippen LogP contribution in [0.25, 0.3) is 0 Å². The highest BCUT2D eigenvalue weighted by Gasteiger charge is 2.27. The van der Waals surface area contributed by atoms with Gasteiger partial charge in [0.1, 0.15) is 6.04 Å². The zero-order valence-electron chi connectivity index (χ0n) is 11.7. The third-order valence-corrected chi connectivity index (χ3v) is 2.95. The van der Waals surface area contributed by atoms with Gasteiger partial charge in [-0.15, -0.1) is 12.4 Å². The predicted molar refractivity (Wildman–Crippen MR) is 76.2 cm³/mol. The number of nitriles is 1. The minimum Gasteiger partial charge on any atom is -0.379 e. The summed E-state index contributed by atoms with van der Waals surface area (Å²) in [4.78, 5) is 13.5. The number of amides is 1. The van der Waals surface area contributed by atoms with E-state index >= 15 is 0 Å². The Bertz CT molecular complexity index is 305. The maximum Gasteiger partial charge on any atom is 0.237 e. The fraction of sp³-hybridized carbons (Fsp3) is 0.846. The van der Waals surface area contributed by atoms with Crippen molar-refractivity contribution in [2.75, 3.05) is 26.2 Å². The molecule has 1 atom stereocenters. The second-order valence-electron chi connectivity index (χ2n) is 4.82. The van der Waals surface area contributed by atoms with Gasteiger partial charge in [0.05, 0.1) is 18.7 Å². The summed E-state index contributed by atoms with van der Waals surface area (Å²) in [6.07, 6.45) is 2.90. The van der Waals surface area contributed by atoms with Crippen LogP contribution in [0.5, 0.6) is 0 Å². The summed E-state index contributed by atoms with van der Waals surface area (Å²) in [5.41, 5.74) is 0. The van der Waals surface area contributed by atoms with E-state index in [1.807, 2.05) is 13.8 Å². The lowest BCUT2D eigenvalue weighted by atomic mass is 10.2. The number of halogens is 1. The molecule has 1 aliphatic rings. The van der Waals surface area contributed by atoms with Crippen molar-refractivity contribution in [3.63, 3.8) is 0 Å². The molecule has 0 aromatic carbocycles. The molecule has 1 saturated heterocycles. The van der Waals surface area contributed by atoms with Gasteiger partial charge >= 0.3 is 0 Å². The van der Waals surface area contributed by atoms with E-state index in [1.165, 1.54) is 0 Å². The van der Waals surface area contributed by atoms with Gasteiger partial charge < -0.3 is 15.0 Å². The second kappa shape index (κ2) is 10.0. The lowest BCUT2D eigenvalue weighted by molar-refractivity contribution is -0.130. The maximum atomic E-state index is 11.8. The van der Waals surface area contributed by atoms with E-state index < -0.39 is 0 Å². The molecule has 19 heavy (non-hydrogen) atoms. The average Bonchev–Trinajstić information content (AvgIpc) is 2.81. The predicted octanol–water partition coefficient (Wildman–Crippen LogP) is 1.33. The Morgan fingerprint density at radius 3 is 2.95 bits per heavy atom. The van der Waals surface area contributed by atoms with E-state index in [0.717, 1.165) is 32.4 Å². The summed E-state index contributed by atoms with van der Waals surface area (Å²) in [5, 5.41) is 12.0. The molecule has 0 aromatic rings. The number of carbonyl (C=O) groups excluding carboxylic acids is 1. The van der Waals surface area contributed by atoms with Crippen molar-refractivity contribution >= 4 is 18.3 Å². The van der Waals surface area contributed by atoms with Crippen molar-refractivity contribution in [1.29, 1.82) is 5.26 Å². The number of nitrogens with zero attached hydrogens (tertiary/aromatic N) is 2. The Hall–Kier alpha value is -0.830. The van der Waals surface area contributed by atoms with Gasteiger partial charge in [-0.2, -0.15) is 5.26 Å². The zero-order chi connectivity index (χ0) is 13.4. The third kappa shape index (κ3) is 6.76. The van der Waals surface area contributed by atoms with Crippen LogP contribution < -0.4 is 5.32 Å². The van der Waals surface area contributed by atoms with Gasteiger partial charge in [0.25, 0.3) is 0 Å². The smallest absolute Gasteiger partial charge is 0.237 e. The minimum absolute atomic E-state index is 0. The van der Waals surface area contributed by atoms with E-state index in [9.17, 15) is 4.79 Å². The number of hydrogen-bond acceptors (Lipinski definition) is 4. The lowest BCUT2D eigenvalue weighted by Gasteiger charge is -2.19. The molecule has 1 N–H and O–H groups in total. The standard InChI is InChI=1S/C13H23N3O2.ClH/c1-11(2)18-8-4-6-15-10-13(17)16-7-3-5-12(16)9-14;/h11-12,15H,3-8,10H2,1-2H3;1H/t12-;/m0./s1. The first-order valence-corrected chi connectivity index (χ1v) is 6.66. The minimum atomic E-state index is -0.219. The molecule has 0 spiro atoms. The van der Waals surface area contributed by atoms with Crippen LogP contribution in [-0.2, 0) is 9.53 Å². The van der Waals surface area contributed by atoms with E-state index in [2.05, 4.69) is 11.4 Å².